The molecular formula is C29H40N6O9. The molecule has 0 aliphatic carbocycles. The SMILES string of the molecule is COC(=O)[C@H](C)NC(=O)[C@@H]1CCCN1C(=O)CNC(=O)[C@@H](C)NC(=O)[C@@H]1CCCN1C(=O)CNC(=O)OCc1ccccc1. The van der Waals surface area contributed by atoms with E-state index in [-0.39, 0.29) is 13.2 Å². The monoisotopic (exact) mass is 616 g/mol. The van der Waals surface area contributed by atoms with Crippen LogP contribution in [0.1, 0.15) is 45.1 Å². The number of alkyl carbamates (subject to hydrolysis) is 1. The summed E-state index contributed by atoms with van der Waals surface area (Å²) in [5.74, 6) is -3.21. The first-order chi connectivity index (χ1) is 21.0. The first-order valence-electron chi connectivity index (χ1n) is 14.5. The molecule has 0 bridgehead atoms. The molecule has 2 aliphatic rings. The van der Waals surface area contributed by atoms with Crippen molar-refractivity contribution in [3.63, 3.8) is 0 Å². The summed E-state index contributed by atoms with van der Waals surface area (Å²) in [6, 6.07) is 5.56. The Hall–Kier alpha value is -4.69. The summed E-state index contributed by atoms with van der Waals surface area (Å²) in [5.41, 5.74) is 0.794. The Bertz CT molecular complexity index is 1230. The number of ether oxygens (including phenoxy) is 2. The number of esters is 1. The van der Waals surface area contributed by atoms with Crippen LogP contribution in [0.15, 0.2) is 30.3 Å². The predicted molar refractivity (Wildman–Crippen MR) is 154 cm³/mol. The number of nitrogens with zero attached hydrogens (tertiary/aromatic N) is 2. The van der Waals surface area contributed by atoms with Gasteiger partial charge in [-0.25, -0.2) is 9.59 Å². The van der Waals surface area contributed by atoms with Crippen LogP contribution in [0.25, 0.3) is 0 Å². The molecule has 15 heteroatoms. The van der Waals surface area contributed by atoms with E-state index in [0.29, 0.717) is 38.8 Å². The summed E-state index contributed by atoms with van der Waals surface area (Å²) in [6.45, 7) is 2.85. The molecule has 0 saturated carbocycles. The van der Waals surface area contributed by atoms with Crippen molar-refractivity contribution in [2.24, 2.45) is 0 Å². The summed E-state index contributed by atoms with van der Waals surface area (Å²) in [6.07, 6.45) is 1.18. The van der Waals surface area contributed by atoms with Crippen molar-refractivity contribution in [3.05, 3.63) is 35.9 Å². The lowest BCUT2D eigenvalue weighted by atomic mass is 10.2. The molecule has 1 aromatic carbocycles. The van der Waals surface area contributed by atoms with Gasteiger partial charge >= 0.3 is 12.1 Å². The zero-order chi connectivity index (χ0) is 32.2. The molecule has 15 nitrogen and oxygen atoms in total. The summed E-state index contributed by atoms with van der Waals surface area (Å²) in [5, 5.41) is 9.98. The van der Waals surface area contributed by atoms with Crippen LogP contribution in [0, 0.1) is 0 Å². The third-order valence-corrected chi connectivity index (χ3v) is 7.43. The Balaban J connectivity index is 1.42. The number of likely N-dealkylation sites (tertiary alicyclic amines) is 2. The lowest BCUT2D eigenvalue weighted by Gasteiger charge is -2.26. The minimum atomic E-state index is -1.02. The topological polar surface area (TPSA) is 193 Å². The normalized spacial score (nSPS) is 18.9. The fourth-order valence-corrected chi connectivity index (χ4v) is 5.04. The molecule has 0 aromatic heterocycles. The first-order valence-corrected chi connectivity index (χ1v) is 14.5. The lowest BCUT2D eigenvalue weighted by Crippen LogP contribution is -2.55. The van der Waals surface area contributed by atoms with E-state index < -0.39 is 72.3 Å². The van der Waals surface area contributed by atoms with Gasteiger partial charge in [0.15, 0.2) is 0 Å². The molecule has 2 fully saturated rings. The van der Waals surface area contributed by atoms with E-state index in [0.717, 1.165) is 5.56 Å². The zero-order valence-electron chi connectivity index (χ0n) is 25.1. The molecule has 4 N–H and O–H groups in total. The van der Waals surface area contributed by atoms with Crippen LogP contribution >= 0.6 is 0 Å². The average molecular weight is 617 g/mol. The fourth-order valence-electron chi connectivity index (χ4n) is 5.04. The van der Waals surface area contributed by atoms with E-state index in [2.05, 4.69) is 26.0 Å². The number of carbonyl (C=O) groups is 7. The maximum Gasteiger partial charge on any atom is 0.407 e. The first kappa shape index (κ1) is 33.8. The van der Waals surface area contributed by atoms with Crippen molar-refractivity contribution < 1.29 is 43.0 Å². The highest BCUT2D eigenvalue weighted by Gasteiger charge is 2.37. The van der Waals surface area contributed by atoms with Crippen molar-refractivity contribution in [1.82, 2.24) is 31.1 Å². The number of hydrogen-bond acceptors (Lipinski definition) is 9. The Morgan fingerprint density at radius 1 is 0.795 bits per heavy atom. The second-order valence-electron chi connectivity index (χ2n) is 10.6. The van der Waals surface area contributed by atoms with Gasteiger partial charge in [-0.3, -0.25) is 24.0 Å². The van der Waals surface area contributed by atoms with Crippen molar-refractivity contribution in [1.29, 1.82) is 0 Å². The molecule has 2 saturated heterocycles. The largest absolute Gasteiger partial charge is 0.467 e. The Kier molecular flexibility index (Phi) is 12.5. The quantitative estimate of drug-likeness (QED) is 0.218. The number of hydrogen-bond donors (Lipinski definition) is 4. The van der Waals surface area contributed by atoms with Gasteiger partial charge in [-0.15, -0.1) is 0 Å². The van der Waals surface area contributed by atoms with Crippen LogP contribution in [-0.2, 0) is 44.8 Å². The molecule has 3 rings (SSSR count). The molecule has 240 valence electrons. The van der Waals surface area contributed by atoms with E-state index in [1.807, 2.05) is 18.2 Å². The van der Waals surface area contributed by atoms with Gasteiger partial charge in [-0.1, -0.05) is 30.3 Å². The maximum atomic E-state index is 12.9. The van der Waals surface area contributed by atoms with E-state index in [1.165, 1.54) is 30.8 Å². The van der Waals surface area contributed by atoms with Crippen LogP contribution in [0.5, 0.6) is 0 Å². The van der Waals surface area contributed by atoms with Gasteiger partial charge in [-0.2, -0.15) is 0 Å². The van der Waals surface area contributed by atoms with Crippen LogP contribution < -0.4 is 21.3 Å². The minimum absolute atomic E-state index is 0.0471. The Morgan fingerprint density at radius 3 is 1.86 bits per heavy atom. The van der Waals surface area contributed by atoms with Gasteiger partial charge < -0.3 is 40.5 Å². The number of methoxy groups -OCH3 is 1. The molecule has 6 amide bonds. The smallest absolute Gasteiger partial charge is 0.407 e. The van der Waals surface area contributed by atoms with Crippen molar-refractivity contribution in [2.45, 2.75) is 70.3 Å². The number of nitrogens with one attached hydrogen (secondary N) is 4. The number of carbonyl (C=O) groups excluding carboxylic acids is 7. The Morgan fingerprint density at radius 2 is 1.32 bits per heavy atom. The minimum Gasteiger partial charge on any atom is -0.467 e. The summed E-state index contributed by atoms with van der Waals surface area (Å²) in [7, 11) is 1.21. The molecular weight excluding hydrogens is 576 g/mol. The molecule has 2 aliphatic heterocycles. The molecule has 1 aromatic rings. The van der Waals surface area contributed by atoms with Gasteiger partial charge in [-0.05, 0) is 45.1 Å². The van der Waals surface area contributed by atoms with Crippen LogP contribution in [0.3, 0.4) is 0 Å². The highest BCUT2D eigenvalue weighted by molar-refractivity contribution is 5.95. The third kappa shape index (κ3) is 9.41. The van der Waals surface area contributed by atoms with Gasteiger partial charge in [0.25, 0.3) is 0 Å². The van der Waals surface area contributed by atoms with E-state index in [4.69, 9.17) is 4.74 Å². The molecule has 2 heterocycles. The highest BCUT2D eigenvalue weighted by Crippen LogP contribution is 2.19. The average Bonchev–Trinajstić information content (AvgIpc) is 3.72. The lowest BCUT2D eigenvalue weighted by molar-refractivity contribution is -0.146. The number of rotatable bonds is 12. The summed E-state index contributed by atoms with van der Waals surface area (Å²) >= 11 is 0. The van der Waals surface area contributed by atoms with E-state index in [9.17, 15) is 33.6 Å². The predicted octanol–water partition coefficient (Wildman–Crippen LogP) is -0.807. The van der Waals surface area contributed by atoms with Crippen molar-refractivity contribution in [2.75, 3.05) is 33.3 Å². The molecule has 0 spiro atoms. The fraction of sp³-hybridized carbons (Fsp3) is 0.552. The Labute approximate surface area is 255 Å². The van der Waals surface area contributed by atoms with Crippen LogP contribution in [0.2, 0.25) is 0 Å². The molecule has 4 atom stereocenters. The second kappa shape index (κ2) is 16.2. The molecule has 0 unspecified atom stereocenters. The van der Waals surface area contributed by atoms with Gasteiger partial charge in [0, 0.05) is 13.1 Å². The van der Waals surface area contributed by atoms with Crippen molar-refractivity contribution >= 4 is 41.6 Å². The van der Waals surface area contributed by atoms with Crippen LogP contribution in [0.4, 0.5) is 4.79 Å². The molecule has 0 radical (unpaired) electrons. The number of benzene rings is 1. The van der Waals surface area contributed by atoms with Gasteiger partial charge in [0.1, 0.15) is 37.3 Å². The summed E-state index contributed by atoms with van der Waals surface area (Å²) in [4.78, 5) is 90.1. The molecule has 44 heavy (non-hydrogen) atoms. The highest BCUT2D eigenvalue weighted by atomic mass is 16.5. The van der Waals surface area contributed by atoms with Gasteiger partial charge in [0.05, 0.1) is 13.7 Å². The standard InChI is InChI=1S/C29H40N6O9/c1-18(25(38)30-15-23(36)34-13-8-12-22(34)27(40)33-19(2)28(41)43-3)32-26(39)21-11-7-14-35(21)24(37)16-31-29(42)44-17-20-9-5-4-6-10-20/h4-6,9-10,18-19,21-22H,7-8,11-17H2,1-3H3,(H,30,38)(H,31,42)(H,32,39)(H,33,40)/t18-,19+,21+,22+/m1/s1. The number of amides is 6. The zero-order valence-corrected chi connectivity index (χ0v) is 25.1. The van der Waals surface area contributed by atoms with E-state index >= 15 is 0 Å². The van der Waals surface area contributed by atoms with E-state index in [1.54, 1.807) is 12.1 Å². The van der Waals surface area contributed by atoms with Crippen LogP contribution in [-0.4, -0.2) is 109 Å². The summed E-state index contributed by atoms with van der Waals surface area (Å²) < 4.78 is 9.71. The second-order valence-corrected chi connectivity index (χ2v) is 10.6. The van der Waals surface area contributed by atoms with Gasteiger partial charge in [0.2, 0.25) is 29.5 Å². The third-order valence-electron chi connectivity index (χ3n) is 7.43. The maximum absolute atomic E-state index is 12.9. The van der Waals surface area contributed by atoms with Crippen molar-refractivity contribution in [3.8, 4) is 0 Å².